The molecule has 4 nitrogen and oxygen atoms in total. The van der Waals surface area contributed by atoms with Crippen LogP contribution in [0.3, 0.4) is 0 Å². The Hall–Kier alpha value is -2.86. The van der Waals surface area contributed by atoms with Gasteiger partial charge < -0.3 is 10.6 Å². The number of carbonyl (C=O) groups is 2. The van der Waals surface area contributed by atoms with Crippen molar-refractivity contribution in [3.63, 3.8) is 0 Å². The molecule has 2 amide bonds. The molecule has 3 rings (SSSR count). The summed E-state index contributed by atoms with van der Waals surface area (Å²) in [6.07, 6.45) is 0. The third-order valence-electron chi connectivity index (χ3n) is 4.59. The van der Waals surface area contributed by atoms with Crippen molar-refractivity contribution < 1.29 is 14.0 Å². The number of amides is 2. The number of rotatable bonds is 7. The molecule has 0 radical (unpaired) electrons. The van der Waals surface area contributed by atoms with Crippen LogP contribution in [0.15, 0.2) is 66.7 Å². The van der Waals surface area contributed by atoms with Crippen molar-refractivity contribution >= 4 is 40.0 Å². The summed E-state index contributed by atoms with van der Waals surface area (Å²) in [5.41, 5.74) is 1.56. The van der Waals surface area contributed by atoms with Gasteiger partial charge in [0.05, 0.1) is 17.0 Å². The van der Waals surface area contributed by atoms with Crippen LogP contribution >= 0.6 is 11.8 Å². The molecule has 6 heteroatoms. The molecule has 0 saturated carbocycles. The van der Waals surface area contributed by atoms with Crippen molar-refractivity contribution in [3.05, 3.63) is 78.1 Å². The fourth-order valence-corrected chi connectivity index (χ4v) is 3.59. The van der Waals surface area contributed by atoms with Crippen LogP contribution in [0.1, 0.15) is 25.5 Å². The number of carbonyl (C=O) groups excluding carboxylic acids is 2. The van der Waals surface area contributed by atoms with Crippen LogP contribution in [-0.4, -0.2) is 22.8 Å². The van der Waals surface area contributed by atoms with Gasteiger partial charge in [0.25, 0.3) is 0 Å². The van der Waals surface area contributed by atoms with Gasteiger partial charge >= 0.3 is 0 Å². The molecule has 3 aromatic carbocycles. The zero-order valence-corrected chi connectivity index (χ0v) is 17.1. The van der Waals surface area contributed by atoms with E-state index >= 15 is 0 Å². The van der Waals surface area contributed by atoms with Gasteiger partial charge in [-0.05, 0) is 60.5 Å². The van der Waals surface area contributed by atoms with Gasteiger partial charge in [0.15, 0.2) is 0 Å². The smallest absolute Gasteiger partial charge is 0.234 e. The number of hydrogen-bond acceptors (Lipinski definition) is 3. The van der Waals surface area contributed by atoms with Gasteiger partial charge in [-0.3, -0.25) is 9.59 Å². The third-order valence-corrected chi connectivity index (χ3v) is 5.74. The molecule has 0 aromatic heterocycles. The summed E-state index contributed by atoms with van der Waals surface area (Å²) in [5.74, 6) is -0.576. The minimum atomic E-state index is -0.378. The lowest BCUT2D eigenvalue weighted by Gasteiger charge is -2.18. The first-order valence-corrected chi connectivity index (χ1v) is 10.4. The Morgan fingerprint density at radius 2 is 1.66 bits per heavy atom. The first kappa shape index (κ1) is 20.9. The zero-order valence-electron chi connectivity index (χ0n) is 16.3. The van der Waals surface area contributed by atoms with Crippen molar-refractivity contribution in [2.45, 2.75) is 25.1 Å². The topological polar surface area (TPSA) is 58.2 Å². The summed E-state index contributed by atoms with van der Waals surface area (Å²) >= 11 is 1.26. The summed E-state index contributed by atoms with van der Waals surface area (Å²) in [4.78, 5) is 24.5. The monoisotopic (exact) mass is 410 g/mol. The number of halogens is 1. The van der Waals surface area contributed by atoms with Crippen LogP contribution in [0.4, 0.5) is 10.1 Å². The van der Waals surface area contributed by atoms with Crippen LogP contribution in [0.25, 0.3) is 10.8 Å². The van der Waals surface area contributed by atoms with E-state index in [1.54, 1.807) is 6.92 Å². The third kappa shape index (κ3) is 5.81. The fraction of sp³-hybridized carbons (Fsp3) is 0.217. The molecular weight excluding hydrogens is 387 g/mol. The Morgan fingerprint density at radius 1 is 0.966 bits per heavy atom. The molecule has 0 saturated heterocycles. The number of anilines is 1. The van der Waals surface area contributed by atoms with E-state index in [-0.39, 0.29) is 34.7 Å². The average molecular weight is 411 g/mol. The molecule has 0 aliphatic carbocycles. The SMILES string of the molecule is CC(SCC(=O)Nc1ccc(F)cc1)C(=O)NC(C)c1ccc2ccccc2c1. The van der Waals surface area contributed by atoms with Gasteiger partial charge in [-0.1, -0.05) is 36.4 Å². The lowest BCUT2D eigenvalue weighted by molar-refractivity contribution is -0.120. The molecule has 3 aromatic rings. The summed E-state index contributed by atoms with van der Waals surface area (Å²) in [6, 6.07) is 19.7. The van der Waals surface area contributed by atoms with Gasteiger partial charge in [-0.25, -0.2) is 4.39 Å². The molecule has 0 bridgehead atoms. The average Bonchev–Trinajstić information content (AvgIpc) is 2.73. The largest absolute Gasteiger partial charge is 0.349 e. The number of fused-ring (bicyclic) bond motifs is 1. The maximum atomic E-state index is 12.9. The van der Waals surface area contributed by atoms with E-state index in [9.17, 15) is 14.0 Å². The van der Waals surface area contributed by atoms with Crippen LogP contribution in [0.2, 0.25) is 0 Å². The number of benzene rings is 3. The zero-order chi connectivity index (χ0) is 20.8. The Balaban J connectivity index is 1.49. The Bertz CT molecular complexity index is 1010. The highest BCUT2D eigenvalue weighted by molar-refractivity contribution is 8.01. The van der Waals surface area contributed by atoms with Crippen molar-refractivity contribution in [2.75, 3.05) is 11.1 Å². The van der Waals surface area contributed by atoms with Crippen LogP contribution in [0, 0.1) is 5.82 Å². The van der Waals surface area contributed by atoms with Gasteiger partial charge in [0, 0.05) is 5.69 Å². The second-order valence-electron chi connectivity index (χ2n) is 6.85. The van der Waals surface area contributed by atoms with Gasteiger partial charge in [0.2, 0.25) is 11.8 Å². The molecule has 2 unspecified atom stereocenters. The summed E-state index contributed by atoms with van der Waals surface area (Å²) in [5, 5.41) is 7.61. The van der Waals surface area contributed by atoms with Crippen LogP contribution in [-0.2, 0) is 9.59 Å². The van der Waals surface area contributed by atoms with Gasteiger partial charge in [0.1, 0.15) is 5.82 Å². The van der Waals surface area contributed by atoms with E-state index in [0.29, 0.717) is 5.69 Å². The minimum absolute atomic E-state index is 0.120. The highest BCUT2D eigenvalue weighted by atomic mass is 32.2. The molecule has 2 N–H and O–H groups in total. The van der Waals surface area contributed by atoms with Crippen molar-refractivity contribution in [1.29, 1.82) is 0 Å². The first-order valence-electron chi connectivity index (χ1n) is 9.38. The predicted octanol–water partition coefficient (Wildman–Crippen LogP) is 4.92. The highest BCUT2D eigenvalue weighted by Gasteiger charge is 2.18. The molecule has 2 atom stereocenters. The molecular formula is C23H23FN2O2S. The van der Waals surface area contributed by atoms with E-state index in [2.05, 4.69) is 22.8 Å². The van der Waals surface area contributed by atoms with E-state index in [1.807, 2.05) is 37.3 Å². The molecule has 0 spiro atoms. The van der Waals surface area contributed by atoms with Crippen LogP contribution < -0.4 is 10.6 Å². The molecule has 0 fully saturated rings. The summed E-state index contributed by atoms with van der Waals surface area (Å²) in [6.45, 7) is 3.72. The Labute approximate surface area is 173 Å². The fourth-order valence-electron chi connectivity index (χ4n) is 2.90. The molecule has 0 aliphatic rings. The Kier molecular flexibility index (Phi) is 6.88. The second-order valence-corrected chi connectivity index (χ2v) is 8.17. The number of thioether (sulfide) groups is 1. The number of nitrogens with one attached hydrogen (secondary N) is 2. The summed E-state index contributed by atoms with van der Waals surface area (Å²) < 4.78 is 12.9. The molecule has 0 aliphatic heterocycles. The van der Waals surface area contributed by atoms with Crippen molar-refractivity contribution in [3.8, 4) is 0 Å². The molecule has 150 valence electrons. The lowest BCUT2D eigenvalue weighted by atomic mass is 10.0. The maximum absolute atomic E-state index is 12.9. The van der Waals surface area contributed by atoms with Crippen LogP contribution in [0.5, 0.6) is 0 Å². The first-order chi connectivity index (χ1) is 13.9. The minimum Gasteiger partial charge on any atom is -0.349 e. The predicted molar refractivity (Wildman–Crippen MR) is 117 cm³/mol. The highest BCUT2D eigenvalue weighted by Crippen LogP contribution is 2.21. The van der Waals surface area contributed by atoms with E-state index < -0.39 is 0 Å². The van der Waals surface area contributed by atoms with Crippen molar-refractivity contribution in [2.24, 2.45) is 0 Å². The lowest BCUT2D eigenvalue weighted by Crippen LogP contribution is -2.33. The molecule has 29 heavy (non-hydrogen) atoms. The normalized spacial score (nSPS) is 12.9. The molecule has 0 heterocycles. The van der Waals surface area contributed by atoms with E-state index in [0.717, 1.165) is 16.3 Å². The van der Waals surface area contributed by atoms with E-state index in [1.165, 1.54) is 36.0 Å². The Morgan fingerprint density at radius 3 is 2.38 bits per heavy atom. The quantitative estimate of drug-likeness (QED) is 0.581. The van der Waals surface area contributed by atoms with Gasteiger partial charge in [-0.2, -0.15) is 0 Å². The second kappa shape index (κ2) is 9.56. The van der Waals surface area contributed by atoms with E-state index in [4.69, 9.17) is 0 Å². The maximum Gasteiger partial charge on any atom is 0.234 e. The summed E-state index contributed by atoms with van der Waals surface area (Å²) in [7, 11) is 0. The van der Waals surface area contributed by atoms with Gasteiger partial charge in [-0.15, -0.1) is 11.8 Å². The van der Waals surface area contributed by atoms with Crippen molar-refractivity contribution in [1.82, 2.24) is 5.32 Å². The number of hydrogen-bond donors (Lipinski definition) is 2. The standard InChI is InChI=1S/C23H23FN2O2S/c1-15(18-8-7-17-5-3-4-6-19(17)13-18)25-23(28)16(2)29-14-22(27)26-21-11-9-20(24)10-12-21/h3-13,15-16H,14H2,1-2H3,(H,25,28)(H,26,27).